The summed E-state index contributed by atoms with van der Waals surface area (Å²) in [5.74, 6) is 1.13. The summed E-state index contributed by atoms with van der Waals surface area (Å²) in [7, 11) is 1.66. The maximum Gasteiger partial charge on any atom is 0.415 e. The van der Waals surface area contributed by atoms with E-state index in [2.05, 4.69) is 6.07 Å². The van der Waals surface area contributed by atoms with Crippen LogP contribution in [-0.2, 0) is 6.42 Å². The third-order valence-corrected chi connectivity index (χ3v) is 5.75. The van der Waals surface area contributed by atoms with E-state index in [4.69, 9.17) is 32.7 Å². The number of rotatable bonds is 7. The third-order valence-electron chi connectivity index (χ3n) is 5.07. The fourth-order valence-corrected chi connectivity index (χ4v) is 3.97. The summed E-state index contributed by atoms with van der Waals surface area (Å²) in [6.07, 6.45) is 0.110. The third kappa shape index (κ3) is 5.52. The zero-order valence-corrected chi connectivity index (χ0v) is 19.3. The summed E-state index contributed by atoms with van der Waals surface area (Å²) in [6.45, 7) is 4.92. The zero-order valence-electron chi connectivity index (χ0n) is 17.8. The first-order valence-corrected chi connectivity index (χ1v) is 10.9. The molecule has 0 heterocycles. The second-order valence-corrected chi connectivity index (χ2v) is 7.80. The van der Waals surface area contributed by atoms with Crippen molar-refractivity contribution in [3.63, 3.8) is 0 Å². The van der Waals surface area contributed by atoms with E-state index in [0.29, 0.717) is 35.3 Å². The van der Waals surface area contributed by atoms with Crippen molar-refractivity contribution >= 4 is 29.3 Å². The van der Waals surface area contributed by atoms with Crippen molar-refractivity contribution in [2.45, 2.75) is 20.3 Å². The fourth-order valence-electron chi connectivity index (χ4n) is 3.37. The standard InChI is InChI=1S/C25H25Cl2NO3/c1-4-28(5-2)25(29)31-19-15-22(26)21(23(27)16-19)14-17-11-12-24(30-3)20(13-17)18-9-7-6-8-10-18/h6-13,15-16H,4-5,14H2,1-3H3. The van der Waals surface area contributed by atoms with Gasteiger partial charge in [0.15, 0.2) is 0 Å². The van der Waals surface area contributed by atoms with Gasteiger partial charge >= 0.3 is 6.09 Å². The fraction of sp³-hybridized carbons (Fsp3) is 0.240. The highest BCUT2D eigenvalue weighted by Crippen LogP contribution is 2.35. The molecule has 0 spiro atoms. The number of carbonyl (C=O) groups excluding carboxylic acids is 1. The van der Waals surface area contributed by atoms with Crippen molar-refractivity contribution in [3.8, 4) is 22.6 Å². The highest BCUT2D eigenvalue weighted by molar-refractivity contribution is 6.36. The smallest absolute Gasteiger partial charge is 0.415 e. The van der Waals surface area contributed by atoms with Crippen molar-refractivity contribution in [3.05, 3.63) is 81.8 Å². The maximum absolute atomic E-state index is 12.2. The second-order valence-electron chi connectivity index (χ2n) is 6.98. The van der Waals surface area contributed by atoms with Crippen molar-refractivity contribution in [2.75, 3.05) is 20.2 Å². The molecule has 0 atom stereocenters. The quantitative estimate of drug-likeness (QED) is 0.379. The normalized spacial score (nSPS) is 10.6. The van der Waals surface area contributed by atoms with Gasteiger partial charge in [-0.25, -0.2) is 4.79 Å². The number of hydrogen-bond donors (Lipinski definition) is 0. The Kier molecular flexibility index (Phi) is 7.83. The molecule has 0 bridgehead atoms. The molecule has 0 fully saturated rings. The van der Waals surface area contributed by atoms with E-state index >= 15 is 0 Å². The molecule has 31 heavy (non-hydrogen) atoms. The van der Waals surface area contributed by atoms with Gasteiger partial charge in [0.25, 0.3) is 0 Å². The monoisotopic (exact) mass is 457 g/mol. The molecular weight excluding hydrogens is 433 g/mol. The highest BCUT2D eigenvalue weighted by atomic mass is 35.5. The van der Waals surface area contributed by atoms with Crippen molar-refractivity contribution < 1.29 is 14.3 Å². The van der Waals surface area contributed by atoms with Crippen LogP contribution in [0, 0.1) is 0 Å². The zero-order chi connectivity index (χ0) is 22.4. The highest BCUT2D eigenvalue weighted by Gasteiger charge is 2.16. The second kappa shape index (κ2) is 10.6. The molecule has 0 N–H and O–H groups in total. The summed E-state index contributed by atoms with van der Waals surface area (Å²) >= 11 is 13.0. The molecule has 0 aliphatic heterocycles. The number of hydrogen-bond acceptors (Lipinski definition) is 3. The Morgan fingerprint density at radius 1 is 0.935 bits per heavy atom. The van der Waals surface area contributed by atoms with Crippen LogP contribution in [0.3, 0.4) is 0 Å². The summed E-state index contributed by atoms with van der Waals surface area (Å²) in [5, 5.41) is 0.902. The van der Waals surface area contributed by atoms with Crippen LogP contribution in [-0.4, -0.2) is 31.2 Å². The van der Waals surface area contributed by atoms with E-state index in [0.717, 1.165) is 28.0 Å². The van der Waals surface area contributed by atoms with Crippen LogP contribution in [0.25, 0.3) is 11.1 Å². The molecule has 1 amide bonds. The molecule has 0 aromatic heterocycles. The van der Waals surface area contributed by atoms with Crippen LogP contribution in [0.4, 0.5) is 4.79 Å². The molecule has 4 nitrogen and oxygen atoms in total. The van der Waals surface area contributed by atoms with E-state index < -0.39 is 6.09 Å². The Hall–Kier alpha value is -2.69. The first-order chi connectivity index (χ1) is 15.0. The molecule has 0 saturated heterocycles. The summed E-state index contributed by atoms with van der Waals surface area (Å²) in [4.78, 5) is 13.8. The number of carbonyl (C=O) groups is 1. The number of ether oxygens (including phenoxy) is 2. The van der Waals surface area contributed by atoms with Crippen LogP contribution in [0.1, 0.15) is 25.0 Å². The van der Waals surface area contributed by atoms with Gasteiger partial charge in [0, 0.05) is 35.1 Å². The molecule has 0 aliphatic carbocycles. The summed E-state index contributed by atoms with van der Waals surface area (Å²) in [5.41, 5.74) is 3.88. The summed E-state index contributed by atoms with van der Waals surface area (Å²) < 4.78 is 11.0. The minimum absolute atomic E-state index is 0.329. The van der Waals surface area contributed by atoms with Gasteiger partial charge in [-0.15, -0.1) is 0 Å². The lowest BCUT2D eigenvalue weighted by molar-refractivity contribution is 0.157. The molecule has 0 aliphatic rings. The molecule has 3 rings (SSSR count). The Morgan fingerprint density at radius 3 is 2.16 bits per heavy atom. The molecule has 3 aromatic rings. The SMILES string of the molecule is CCN(CC)C(=O)Oc1cc(Cl)c(Cc2ccc(OC)c(-c3ccccc3)c2)c(Cl)c1. The number of amides is 1. The lowest BCUT2D eigenvalue weighted by Gasteiger charge is -2.18. The molecule has 0 unspecified atom stereocenters. The number of methoxy groups -OCH3 is 1. The Morgan fingerprint density at radius 2 is 1.58 bits per heavy atom. The van der Waals surface area contributed by atoms with Crippen molar-refractivity contribution in [2.24, 2.45) is 0 Å². The van der Waals surface area contributed by atoms with E-state index in [1.165, 1.54) is 0 Å². The number of benzene rings is 3. The van der Waals surface area contributed by atoms with Gasteiger partial charge in [-0.1, -0.05) is 59.6 Å². The van der Waals surface area contributed by atoms with E-state index in [1.54, 1.807) is 24.1 Å². The Labute approximate surface area is 193 Å². The van der Waals surface area contributed by atoms with E-state index in [9.17, 15) is 4.79 Å². The first kappa shape index (κ1) is 23.0. The minimum Gasteiger partial charge on any atom is -0.496 e. The lowest BCUT2D eigenvalue weighted by atomic mass is 9.98. The number of halogens is 2. The van der Waals surface area contributed by atoms with E-state index in [-0.39, 0.29) is 0 Å². The van der Waals surface area contributed by atoms with Crippen LogP contribution < -0.4 is 9.47 Å². The Balaban J connectivity index is 1.87. The van der Waals surface area contributed by atoms with Crippen molar-refractivity contribution in [1.29, 1.82) is 0 Å². The van der Waals surface area contributed by atoms with Crippen molar-refractivity contribution in [1.82, 2.24) is 4.90 Å². The van der Waals surface area contributed by atoms with Crippen LogP contribution in [0.2, 0.25) is 10.0 Å². The van der Waals surface area contributed by atoms with Gasteiger partial charge in [0.1, 0.15) is 11.5 Å². The average Bonchev–Trinajstić information content (AvgIpc) is 2.77. The van der Waals surface area contributed by atoms with Crippen LogP contribution in [0.15, 0.2) is 60.7 Å². The lowest BCUT2D eigenvalue weighted by Crippen LogP contribution is -2.33. The van der Waals surface area contributed by atoms with E-state index in [1.807, 2.05) is 56.3 Å². The minimum atomic E-state index is -0.424. The predicted octanol–water partition coefficient (Wildman–Crippen LogP) is 7.10. The molecule has 6 heteroatoms. The van der Waals surface area contributed by atoms with Gasteiger partial charge in [0.05, 0.1) is 7.11 Å². The largest absolute Gasteiger partial charge is 0.496 e. The van der Waals surface area contributed by atoms with Crippen LogP contribution >= 0.6 is 23.2 Å². The molecule has 0 saturated carbocycles. The molecule has 3 aromatic carbocycles. The van der Waals surface area contributed by atoms with Gasteiger partial charge in [-0.2, -0.15) is 0 Å². The van der Waals surface area contributed by atoms with Gasteiger partial charge in [-0.05, 0) is 54.8 Å². The molecule has 0 radical (unpaired) electrons. The van der Waals surface area contributed by atoms with Gasteiger partial charge in [0.2, 0.25) is 0 Å². The number of nitrogens with zero attached hydrogens (tertiary/aromatic N) is 1. The summed E-state index contributed by atoms with van der Waals surface area (Å²) in [6, 6.07) is 19.3. The van der Waals surface area contributed by atoms with Gasteiger partial charge < -0.3 is 14.4 Å². The molecule has 162 valence electrons. The predicted molar refractivity (Wildman–Crippen MR) is 127 cm³/mol. The average molecular weight is 458 g/mol. The maximum atomic E-state index is 12.2. The topological polar surface area (TPSA) is 38.8 Å². The molecular formula is C25H25Cl2NO3. The van der Waals surface area contributed by atoms with Gasteiger partial charge in [-0.3, -0.25) is 0 Å². The Bertz CT molecular complexity index is 1030. The van der Waals surface area contributed by atoms with Crippen LogP contribution in [0.5, 0.6) is 11.5 Å². The first-order valence-electron chi connectivity index (χ1n) is 10.1.